The van der Waals surface area contributed by atoms with Gasteiger partial charge in [0.25, 0.3) is 0 Å². The molecule has 1 aliphatic rings. The zero-order chi connectivity index (χ0) is 9.26. The molecule has 0 bridgehead atoms. The zero-order valence-corrected chi connectivity index (χ0v) is 7.40. The summed E-state index contributed by atoms with van der Waals surface area (Å²) in [5.41, 5.74) is 1.12. The monoisotopic (exact) mass is 175 g/mol. The van der Waals surface area contributed by atoms with Gasteiger partial charge in [-0.2, -0.15) is 0 Å². The van der Waals surface area contributed by atoms with E-state index in [1.807, 2.05) is 37.3 Å². The van der Waals surface area contributed by atoms with Crippen molar-refractivity contribution < 1.29 is 4.79 Å². The fourth-order valence-electron chi connectivity index (χ4n) is 1.57. The fourth-order valence-corrected chi connectivity index (χ4v) is 1.57. The number of nitrogens with zero attached hydrogens (tertiary/aromatic N) is 1. The topological polar surface area (TPSA) is 43.2 Å². The number of carbonyl (C=O) groups is 1. The molecule has 1 radical (unpaired) electrons. The largest absolute Gasteiger partial charge is 0.337 e. The Balaban J connectivity index is 2.23. The van der Waals surface area contributed by atoms with Crippen molar-refractivity contribution in [1.29, 1.82) is 0 Å². The molecule has 67 valence electrons. The predicted octanol–water partition coefficient (Wildman–Crippen LogP) is 1.44. The van der Waals surface area contributed by atoms with Gasteiger partial charge < -0.3 is 5.32 Å². The molecule has 3 nitrogen and oxygen atoms in total. The van der Waals surface area contributed by atoms with Crippen molar-refractivity contribution >= 4 is 6.03 Å². The van der Waals surface area contributed by atoms with Crippen LogP contribution in [0.5, 0.6) is 0 Å². The highest BCUT2D eigenvalue weighted by Crippen LogP contribution is 2.20. The Morgan fingerprint density at radius 3 is 2.54 bits per heavy atom. The van der Waals surface area contributed by atoms with E-state index in [2.05, 4.69) is 10.6 Å². The second-order valence-electron chi connectivity index (χ2n) is 3.21. The summed E-state index contributed by atoms with van der Waals surface area (Å²) in [7, 11) is 0. The minimum Gasteiger partial charge on any atom is -0.328 e. The number of benzene rings is 1. The lowest BCUT2D eigenvalue weighted by atomic mass is 10.0. The van der Waals surface area contributed by atoms with Gasteiger partial charge in [0.05, 0.1) is 12.1 Å². The first-order valence-corrected chi connectivity index (χ1v) is 4.33. The molecule has 0 aromatic heterocycles. The minimum atomic E-state index is -0.207. The lowest BCUT2D eigenvalue weighted by Crippen LogP contribution is -2.20. The van der Waals surface area contributed by atoms with Crippen molar-refractivity contribution in [2.45, 2.75) is 19.0 Å². The minimum absolute atomic E-state index is 0.0369. The van der Waals surface area contributed by atoms with Gasteiger partial charge in [-0.05, 0) is 12.5 Å². The summed E-state index contributed by atoms with van der Waals surface area (Å²) in [6.07, 6.45) is 0. The molecule has 1 fully saturated rings. The smallest absolute Gasteiger partial charge is 0.328 e. The number of carbonyl (C=O) groups excluding carboxylic acids is 1. The number of hydrogen-bond donors (Lipinski definition) is 1. The molecule has 0 spiro atoms. The highest BCUT2D eigenvalue weighted by Gasteiger charge is 2.30. The molecule has 2 rings (SSSR count). The van der Waals surface area contributed by atoms with Crippen LogP contribution in [0.4, 0.5) is 4.79 Å². The van der Waals surface area contributed by atoms with Crippen molar-refractivity contribution in [3.63, 3.8) is 0 Å². The van der Waals surface area contributed by atoms with Crippen LogP contribution < -0.4 is 10.6 Å². The van der Waals surface area contributed by atoms with Gasteiger partial charge in [-0.1, -0.05) is 30.3 Å². The summed E-state index contributed by atoms with van der Waals surface area (Å²) >= 11 is 0. The average Bonchev–Trinajstić information content (AvgIpc) is 2.47. The van der Waals surface area contributed by atoms with Crippen LogP contribution in [0.25, 0.3) is 0 Å². The van der Waals surface area contributed by atoms with Crippen LogP contribution in [0.1, 0.15) is 18.5 Å². The van der Waals surface area contributed by atoms with E-state index in [-0.39, 0.29) is 18.1 Å². The van der Waals surface area contributed by atoms with Gasteiger partial charge in [-0.3, -0.25) is 0 Å². The summed E-state index contributed by atoms with van der Waals surface area (Å²) in [5.74, 6) is 0. The summed E-state index contributed by atoms with van der Waals surface area (Å²) in [5, 5.41) is 6.71. The van der Waals surface area contributed by atoms with E-state index in [1.54, 1.807) is 0 Å². The Bertz CT molecular complexity index is 310. The molecule has 2 atom stereocenters. The number of urea groups is 1. The van der Waals surface area contributed by atoms with Crippen LogP contribution in [0.15, 0.2) is 30.3 Å². The first kappa shape index (κ1) is 8.10. The first-order chi connectivity index (χ1) is 6.27. The van der Waals surface area contributed by atoms with Crippen LogP contribution in [-0.4, -0.2) is 12.1 Å². The lowest BCUT2D eigenvalue weighted by Gasteiger charge is -2.12. The maximum absolute atomic E-state index is 11.0. The molecule has 3 heteroatoms. The van der Waals surface area contributed by atoms with Gasteiger partial charge in [0.15, 0.2) is 0 Å². The highest BCUT2D eigenvalue weighted by molar-refractivity contribution is 5.77. The first-order valence-electron chi connectivity index (χ1n) is 4.33. The van der Waals surface area contributed by atoms with Crippen molar-refractivity contribution in [2.24, 2.45) is 0 Å². The Morgan fingerprint density at radius 1 is 1.31 bits per heavy atom. The summed E-state index contributed by atoms with van der Waals surface area (Å²) in [6.45, 7) is 1.94. The van der Waals surface area contributed by atoms with Crippen molar-refractivity contribution in [2.75, 3.05) is 0 Å². The van der Waals surface area contributed by atoms with Crippen LogP contribution in [0, 0.1) is 0 Å². The lowest BCUT2D eigenvalue weighted by molar-refractivity contribution is 0.246. The number of amides is 2. The van der Waals surface area contributed by atoms with E-state index in [9.17, 15) is 4.79 Å². The molecule has 1 aromatic carbocycles. The Hall–Kier alpha value is -1.51. The van der Waals surface area contributed by atoms with E-state index in [1.165, 1.54) is 0 Å². The molecule has 2 unspecified atom stereocenters. The van der Waals surface area contributed by atoms with Gasteiger partial charge in [0.1, 0.15) is 0 Å². The number of rotatable bonds is 1. The SMILES string of the molecule is CC1[N]C(=O)NC1c1ccccc1. The van der Waals surface area contributed by atoms with Crippen LogP contribution in [0.2, 0.25) is 0 Å². The van der Waals surface area contributed by atoms with Gasteiger partial charge >= 0.3 is 6.03 Å². The third-order valence-electron chi connectivity index (χ3n) is 2.24. The third-order valence-corrected chi connectivity index (χ3v) is 2.24. The molecule has 1 aromatic rings. The number of hydrogen-bond acceptors (Lipinski definition) is 1. The average molecular weight is 175 g/mol. The normalized spacial score (nSPS) is 26.7. The van der Waals surface area contributed by atoms with Gasteiger partial charge in [-0.25, -0.2) is 10.1 Å². The van der Waals surface area contributed by atoms with Crippen LogP contribution >= 0.6 is 0 Å². The fraction of sp³-hybridized carbons (Fsp3) is 0.300. The third kappa shape index (κ3) is 1.49. The van der Waals surface area contributed by atoms with E-state index in [4.69, 9.17) is 0 Å². The Morgan fingerprint density at radius 2 is 2.00 bits per heavy atom. The zero-order valence-electron chi connectivity index (χ0n) is 7.40. The van der Waals surface area contributed by atoms with Gasteiger partial charge in [0, 0.05) is 0 Å². The van der Waals surface area contributed by atoms with Crippen LogP contribution in [0.3, 0.4) is 0 Å². The number of nitrogens with one attached hydrogen (secondary N) is 1. The van der Waals surface area contributed by atoms with E-state index in [0.717, 1.165) is 5.56 Å². The van der Waals surface area contributed by atoms with Crippen molar-refractivity contribution in [1.82, 2.24) is 10.6 Å². The summed E-state index contributed by atoms with van der Waals surface area (Å²) in [6, 6.07) is 9.77. The molecular formula is C10H11N2O. The van der Waals surface area contributed by atoms with Crippen molar-refractivity contribution in [3.05, 3.63) is 35.9 Å². The molecule has 2 amide bonds. The van der Waals surface area contributed by atoms with Crippen molar-refractivity contribution in [3.8, 4) is 0 Å². The second-order valence-corrected chi connectivity index (χ2v) is 3.21. The van der Waals surface area contributed by atoms with E-state index in [0.29, 0.717) is 0 Å². The molecule has 0 aliphatic carbocycles. The predicted molar refractivity (Wildman–Crippen MR) is 49.3 cm³/mol. The summed E-state index contributed by atoms with van der Waals surface area (Å²) < 4.78 is 0. The standard InChI is InChI=1S/C10H11N2O/c1-7-9(12-10(13)11-7)8-5-3-2-4-6-8/h2-7,9H,1H3,(H,12,13). The van der Waals surface area contributed by atoms with Crippen LogP contribution in [-0.2, 0) is 0 Å². The summed E-state index contributed by atoms with van der Waals surface area (Å²) in [4.78, 5) is 11.0. The molecule has 13 heavy (non-hydrogen) atoms. The maximum Gasteiger partial charge on any atom is 0.337 e. The van der Waals surface area contributed by atoms with Gasteiger partial charge in [-0.15, -0.1) is 0 Å². The molecule has 1 aliphatic heterocycles. The molecule has 1 saturated heterocycles. The molecule has 1 heterocycles. The Kier molecular flexibility index (Phi) is 1.93. The van der Waals surface area contributed by atoms with E-state index >= 15 is 0 Å². The maximum atomic E-state index is 11.0. The van der Waals surface area contributed by atoms with E-state index < -0.39 is 0 Å². The highest BCUT2D eigenvalue weighted by atomic mass is 16.2. The van der Waals surface area contributed by atoms with Gasteiger partial charge in [0.2, 0.25) is 0 Å². The second kappa shape index (κ2) is 3.09. The molecule has 1 N–H and O–H groups in total. The molecular weight excluding hydrogens is 164 g/mol. The quantitative estimate of drug-likeness (QED) is 0.689. The molecule has 0 saturated carbocycles. The Labute approximate surface area is 77.1 Å².